The first-order chi connectivity index (χ1) is 13.9. The smallest absolute Gasteiger partial charge is 0.305 e. The van der Waals surface area contributed by atoms with E-state index in [9.17, 15) is 14.7 Å². The molecule has 0 radical (unpaired) electrons. The quantitative estimate of drug-likeness (QED) is 0.544. The summed E-state index contributed by atoms with van der Waals surface area (Å²) in [6.07, 6.45) is 3.94. The standard InChI is InChI=1S/C11H16O3S.C10H14O3S/c1-8(12)10-7-6-9(15-10)4-3-5-11(13)14-2;1-12-9(11)5-3-4-8-6-7-10(13-2)14-8/h6-8,12H,3-5H2,1-2H3;6-7H,3-5H2,1-2H3. The van der Waals surface area contributed by atoms with Crippen LogP contribution in [0.3, 0.4) is 0 Å². The minimum Gasteiger partial charge on any atom is -0.487 e. The maximum Gasteiger partial charge on any atom is 0.305 e. The van der Waals surface area contributed by atoms with Crippen LogP contribution in [0.4, 0.5) is 0 Å². The summed E-state index contributed by atoms with van der Waals surface area (Å²) in [5, 5.41) is 10.2. The van der Waals surface area contributed by atoms with E-state index < -0.39 is 6.10 Å². The molecule has 0 aliphatic carbocycles. The molecule has 2 heterocycles. The predicted molar refractivity (Wildman–Crippen MR) is 116 cm³/mol. The Morgan fingerprint density at radius 2 is 1.41 bits per heavy atom. The Bertz CT molecular complexity index is 735. The summed E-state index contributed by atoms with van der Waals surface area (Å²) in [4.78, 5) is 25.1. The lowest BCUT2D eigenvalue weighted by molar-refractivity contribution is -0.141. The van der Waals surface area contributed by atoms with E-state index >= 15 is 0 Å². The number of hydrogen-bond donors (Lipinski definition) is 1. The Labute approximate surface area is 180 Å². The van der Waals surface area contributed by atoms with Crippen LogP contribution in [0.25, 0.3) is 0 Å². The van der Waals surface area contributed by atoms with Gasteiger partial charge in [0, 0.05) is 27.5 Å². The maximum absolute atomic E-state index is 10.9. The van der Waals surface area contributed by atoms with E-state index in [4.69, 9.17) is 4.74 Å². The molecule has 2 rings (SSSR count). The number of aliphatic hydroxyl groups is 1. The molecule has 162 valence electrons. The fourth-order valence-electron chi connectivity index (χ4n) is 2.37. The molecule has 0 aliphatic rings. The Balaban J connectivity index is 0.000000291. The highest BCUT2D eigenvalue weighted by atomic mass is 32.1. The zero-order valence-corrected chi connectivity index (χ0v) is 19.1. The van der Waals surface area contributed by atoms with Crippen LogP contribution >= 0.6 is 22.7 Å². The first-order valence-corrected chi connectivity index (χ1v) is 11.1. The average molecular weight is 443 g/mol. The van der Waals surface area contributed by atoms with Crippen molar-refractivity contribution in [1.82, 2.24) is 0 Å². The van der Waals surface area contributed by atoms with Crippen LogP contribution < -0.4 is 4.74 Å². The lowest BCUT2D eigenvalue weighted by Crippen LogP contribution is -1.99. The van der Waals surface area contributed by atoms with Gasteiger partial charge >= 0.3 is 11.9 Å². The molecule has 0 amide bonds. The summed E-state index contributed by atoms with van der Waals surface area (Å²) in [6, 6.07) is 7.91. The van der Waals surface area contributed by atoms with Crippen molar-refractivity contribution in [3.05, 3.63) is 38.9 Å². The van der Waals surface area contributed by atoms with Crippen molar-refractivity contribution in [1.29, 1.82) is 0 Å². The zero-order chi connectivity index (χ0) is 21.6. The number of ether oxygens (including phenoxy) is 3. The monoisotopic (exact) mass is 442 g/mol. The third-order valence-electron chi connectivity index (χ3n) is 4.00. The van der Waals surface area contributed by atoms with E-state index in [0.29, 0.717) is 12.8 Å². The van der Waals surface area contributed by atoms with Gasteiger partial charge in [-0.15, -0.1) is 22.7 Å². The Hall–Kier alpha value is -1.90. The van der Waals surface area contributed by atoms with Gasteiger partial charge in [0.25, 0.3) is 0 Å². The highest BCUT2D eigenvalue weighted by Gasteiger charge is 2.06. The molecule has 2 aromatic heterocycles. The number of carbonyl (C=O) groups is 2. The van der Waals surface area contributed by atoms with E-state index in [1.807, 2.05) is 24.3 Å². The molecule has 8 heteroatoms. The van der Waals surface area contributed by atoms with Crippen molar-refractivity contribution >= 4 is 34.6 Å². The van der Waals surface area contributed by atoms with Crippen molar-refractivity contribution in [2.24, 2.45) is 0 Å². The number of methoxy groups -OCH3 is 3. The Morgan fingerprint density at radius 3 is 1.83 bits per heavy atom. The van der Waals surface area contributed by atoms with Gasteiger partial charge in [0.1, 0.15) is 0 Å². The lowest BCUT2D eigenvalue weighted by Gasteiger charge is -1.99. The molecule has 6 nitrogen and oxygen atoms in total. The maximum atomic E-state index is 10.9. The normalized spacial score (nSPS) is 11.2. The topological polar surface area (TPSA) is 82.1 Å². The molecular weight excluding hydrogens is 412 g/mol. The van der Waals surface area contributed by atoms with E-state index in [1.54, 1.807) is 36.7 Å². The molecule has 29 heavy (non-hydrogen) atoms. The fourth-order valence-corrected chi connectivity index (χ4v) is 4.23. The van der Waals surface area contributed by atoms with Crippen LogP contribution in [-0.2, 0) is 31.9 Å². The Kier molecular flexibility index (Phi) is 12.3. The number of carbonyl (C=O) groups excluding carboxylic acids is 2. The van der Waals surface area contributed by atoms with Gasteiger partial charge in [0.15, 0.2) is 5.06 Å². The molecule has 2 aromatic rings. The predicted octanol–water partition coefficient (Wildman–Crippen LogP) is 4.55. The number of aliphatic hydroxyl groups excluding tert-OH is 1. The molecule has 0 saturated carbocycles. The van der Waals surface area contributed by atoms with E-state index in [2.05, 4.69) is 9.47 Å². The van der Waals surface area contributed by atoms with Crippen molar-refractivity contribution in [2.75, 3.05) is 21.3 Å². The van der Waals surface area contributed by atoms with Crippen molar-refractivity contribution in [3.63, 3.8) is 0 Å². The minimum absolute atomic E-state index is 0.145. The Morgan fingerprint density at radius 1 is 0.897 bits per heavy atom. The van der Waals surface area contributed by atoms with Gasteiger partial charge in [0.2, 0.25) is 0 Å². The van der Waals surface area contributed by atoms with E-state index in [1.165, 1.54) is 24.0 Å². The fraction of sp³-hybridized carbons (Fsp3) is 0.524. The first kappa shape index (κ1) is 25.1. The van der Waals surface area contributed by atoms with Crippen LogP contribution in [0, 0.1) is 0 Å². The van der Waals surface area contributed by atoms with Crippen molar-refractivity contribution in [3.8, 4) is 5.06 Å². The number of hydrogen-bond acceptors (Lipinski definition) is 8. The number of aryl methyl sites for hydroxylation is 2. The van der Waals surface area contributed by atoms with Crippen LogP contribution in [-0.4, -0.2) is 38.4 Å². The van der Waals surface area contributed by atoms with Crippen LogP contribution in [0.2, 0.25) is 0 Å². The zero-order valence-electron chi connectivity index (χ0n) is 17.4. The average Bonchev–Trinajstić information content (AvgIpc) is 3.37. The van der Waals surface area contributed by atoms with Crippen LogP contribution in [0.1, 0.15) is 53.3 Å². The SMILES string of the molecule is COC(=O)CCCc1ccc(C(C)O)s1.COC(=O)CCCc1ccc(OC)s1. The first-order valence-electron chi connectivity index (χ1n) is 9.42. The molecule has 0 saturated heterocycles. The van der Waals surface area contributed by atoms with Gasteiger partial charge in [0.05, 0.1) is 27.4 Å². The molecule has 1 unspecified atom stereocenters. The molecule has 1 atom stereocenters. The molecule has 0 bridgehead atoms. The molecule has 0 spiro atoms. The molecule has 0 fully saturated rings. The third-order valence-corrected chi connectivity index (χ3v) is 6.42. The summed E-state index contributed by atoms with van der Waals surface area (Å²) in [5.41, 5.74) is 0. The van der Waals surface area contributed by atoms with Gasteiger partial charge < -0.3 is 19.3 Å². The molecule has 0 aromatic carbocycles. The molecule has 1 N–H and O–H groups in total. The van der Waals surface area contributed by atoms with E-state index in [0.717, 1.165) is 35.6 Å². The molecular formula is C21H30O6S2. The summed E-state index contributed by atoms with van der Waals surface area (Å²) in [6.45, 7) is 1.75. The largest absolute Gasteiger partial charge is 0.487 e. The second-order valence-corrected chi connectivity index (χ2v) is 8.60. The summed E-state index contributed by atoms with van der Waals surface area (Å²) in [7, 11) is 4.47. The van der Waals surface area contributed by atoms with Crippen molar-refractivity contribution < 1.29 is 28.9 Å². The number of rotatable bonds is 10. The van der Waals surface area contributed by atoms with Crippen LogP contribution in [0.5, 0.6) is 5.06 Å². The van der Waals surface area contributed by atoms with E-state index in [-0.39, 0.29) is 11.9 Å². The summed E-state index contributed by atoms with van der Waals surface area (Å²) < 4.78 is 14.2. The lowest BCUT2D eigenvalue weighted by atomic mass is 10.2. The summed E-state index contributed by atoms with van der Waals surface area (Å²) in [5.74, 6) is -0.309. The van der Waals surface area contributed by atoms with Gasteiger partial charge in [-0.05, 0) is 56.9 Å². The van der Waals surface area contributed by atoms with Gasteiger partial charge in [-0.1, -0.05) is 0 Å². The van der Waals surface area contributed by atoms with Gasteiger partial charge in [-0.25, -0.2) is 0 Å². The number of thiophene rings is 2. The highest BCUT2D eigenvalue weighted by molar-refractivity contribution is 7.13. The summed E-state index contributed by atoms with van der Waals surface area (Å²) >= 11 is 3.22. The second-order valence-electron chi connectivity index (χ2n) is 6.26. The van der Waals surface area contributed by atoms with Gasteiger partial charge in [-0.3, -0.25) is 9.59 Å². The van der Waals surface area contributed by atoms with Gasteiger partial charge in [-0.2, -0.15) is 0 Å². The van der Waals surface area contributed by atoms with Crippen LogP contribution in [0.15, 0.2) is 24.3 Å². The second kappa shape index (κ2) is 14.1. The minimum atomic E-state index is -0.399. The van der Waals surface area contributed by atoms with Crippen molar-refractivity contribution in [2.45, 2.75) is 51.6 Å². The molecule has 0 aliphatic heterocycles. The highest BCUT2D eigenvalue weighted by Crippen LogP contribution is 2.25. The number of esters is 2. The third kappa shape index (κ3) is 10.4.